The Morgan fingerprint density at radius 3 is 2.46 bits per heavy atom. The Hall–Kier alpha value is -1.70. The van der Waals surface area contributed by atoms with Crippen molar-refractivity contribution in [3.8, 4) is 0 Å². The highest BCUT2D eigenvalue weighted by molar-refractivity contribution is 7.89. The van der Waals surface area contributed by atoms with Gasteiger partial charge in [-0.1, -0.05) is 38.8 Å². The van der Waals surface area contributed by atoms with Crippen molar-refractivity contribution in [3.05, 3.63) is 52.2 Å². The highest BCUT2D eigenvalue weighted by Crippen LogP contribution is 2.31. The number of sulfonamides is 1. The van der Waals surface area contributed by atoms with Crippen LogP contribution in [-0.4, -0.2) is 31.7 Å². The molecule has 2 heterocycles. The largest absolute Gasteiger partial charge is 0.344 e. The lowest BCUT2D eigenvalue weighted by atomic mass is 9.92. The maximum absolute atomic E-state index is 13.0. The molecule has 0 saturated carbocycles. The van der Waals surface area contributed by atoms with Gasteiger partial charge in [0.15, 0.2) is 0 Å². The van der Waals surface area contributed by atoms with Crippen LogP contribution in [0.25, 0.3) is 0 Å². The summed E-state index contributed by atoms with van der Waals surface area (Å²) in [5.74, 6) is 0.0999. The van der Waals surface area contributed by atoms with E-state index in [-0.39, 0.29) is 16.8 Å². The quantitative estimate of drug-likeness (QED) is 0.686. The van der Waals surface area contributed by atoms with Crippen LogP contribution in [0.1, 0.15) is 60.8 Å². The van der Waals surface area contributed by atoms with Gasteiger partial charge in [-0.25, -0.2) is 8.42 Å². The topological polar surface area (TPSA) is 66.5 Å². The fourth-order valence-electron chi connectivity index (χ4n) is 3.75. The van der Waals surface area contributed by atoms with Crippen LogP contribution in [-0.2, 0) is 10.0 Å². The summed E-state index contributed by atoms with van der Waals surface area (Å²) in [6.07, 6.45) is 3.69. The Bertz CT molecular complexity index is 884. The molecule has 1 N–H and O–H groups in total. The minimum absolute atomic E-state index is 0.0682. The van der Waals surface area contributed by atoms with Crippen molar-refractivity contribution in [3.63, 3.8) is 0 Å². The number of thiophene rings is 1. The van der Waals surface area contributed by atoms with Crippen LogP contribution >= 0.6 is 11.3 Å². The van der Waals surface area contributed by atoms with Crippen molar-refractivity contribution >= 4 is 27.3 Å². The van der Waals surface area contributed by atoms with Gasteiger partial charge >= 0.3 is 0 Å². The summed E-state index contributed by atoms with van der Waals surface area (Å²) in [5.41, 5.74) is 0.382. The second-order valence-corrected chi connectivity index (χ2v) is 10.1. The molecule has 0 spiro atoms. The van der Waals surface area contributed by atoms with E-state index in [1.807, 2.05) is 17.5 Å². The number of amides is 1. The number of nitrogens with one attached hydrogen (secondary N) is 1. The predicted molar refractivity (Wildman–Crippen MR) is 113 cm³/mol. The van der Waals surface area contributed by atoms with Crippen LogP contribution < -0.4 is 5.32 Å². The number of nitrogens with zero attached hydrogens (tertiary/aromatic N) is 1. The smallest absolute Gasteiger partial charge is 0.251 e. The maximum Gasteiger partial charge on any atom is 0.251 e. The molecule has 3 rings (SSSR count). The van der Waals surface area contributed by atoms with Gasteiger partial charge in [-0.05, 0) is 48.4 Å². The van der Waals surface area contributed by atoms with Gasteiger partial charge in [-0.2, -0.15) is 4.31 Å². The molecule has 1 unspecified atom stereocenters. The van der Waals surface area contributed by atoms with E-state index in [1.165, 1.54) is 10.4 Å². The summed E-state index contributed by atoms with van der Waals surface area (Å²) in [7, 11) is -3.54. The summed E-state index contributed by atoms with van der Waals surface area (Å²) < 4.78 is 27.1. The molecule has 1 aliphatic heterocycles. The summed E-state index contributed by atoms with van der Waals surface area (Å²) in [4.78, 5) is 14.3. The molecule has 0 aliphatic carbocycles. The summed E-state index contributed by atoms with van der Waals surface area (Å²) >= 11 is 1.63. The van der Waals surface area contributed by atoms with E-state index < -0.39 is 10.0 Å². The molecule has 1 aromatic carbocycles. The number of hydrogen-bond donors (Lipinski definition) is 1. The highest BCUT2D eigenvalue weighted by Gasteiger charge is 2.28. The number of hydrogen-bond acceptors (Lipinski definition) is 4. The van der Waals surface area contributed by atoms with Gasteiger partial charge in [0.2, 0.25) is 10.0 Å². The van der Waals surface area contributed by atoms with E-state index in [2.05, 4.69) is 19.2 Å². The van der Waals surface area contributed by atoms with Crippen LogP contribution in [0, 0.1) is 5.92 Å². The molecule has 1 aromatic heterocycles. The van der Waals surface area contributed by atoms with Gasteiger partial charge in [-0.3, -0.25) is 4.79 Å². The first kappa shape index (κ1) is 21.0. The second kappa shape index (κ2) is 9.20. The average Bonchev–Trinajstić information content (AvgIpc) is 3.42. The minimum atomic E-state index is -3.54. The van der Waals surface area contributed by atoms with E-state index in [0.29, 0.717) is 24.6 Å². The van der Waals surface area contributed by atoms with Gasteiger partial charge in [0.05, 0.1) is 10.9 Å². The third-order valence-corrected chi connectivity index (χ3v) is 8.31. The van der Waals surface area contributed by atoms with Crippen molar-refractivity contribution in [1.82, 2.24) is 9.62 Å². The Morgan fingerprint density at radius 2 is 1.86 bits per heavy atom. The van der Waals surface area contributed by atoms with Crippen molar-refractivity contribution in [2.24, 2.45) is 5.92 Å². The Morgan fingerprint density at radius 1 is 1.14 bits per heavy atom. The normalized spacial score (nSPS) is 16.4. The predicted octanol–water partition coefficient (Wildman–Crippen LogP) is 4.44. The van der Waals surface area contributed by atoms with Crippen molar-refractivity contribution in [2.75, 3.05) is 13.1 Å². The second-order valence-electron chi connectivity index (χ2n) is 7.18. The Kier molecular flexibility index (Phi) is 6.91. The van der Waals surface area contributed by atoms with Crippen molar-refractivity contribution in [2.45, 2.75) is 50.5 Å². The fourth-order valence-corrected chi connectivity index (χ4v) is 6.18. The lowest BCUT2D eigenvalue weighted by Gasteiger charge is -2.25. The minimum Gasteiger partial charge on any atom is -0.344 e. The van der Waals surface area contributed by atoms with Crippen molar-refractivity contribution in [1.29, 1.82) is 0 Å². The molecule has 0 radical (unpaired) electrons. The first-order valence-corrected chi connectivity index (χ1v) is 12.2. The van der Waals surface area contributed by atoms with E-state index in [9.17, 15) is 13.2 Å². The summed E-state index contributed by atoms with van der Waals surface area (Å²) in [5, 5.41) is 5.16. The lowest BCUT2D eigenvalue weighted by molar-refractivity contribution is 0.0920. The molecule has 2 aromatic rings. The molecule has 152 valence electrons. The first-order valence-electron chi connectivity index (χ1n) is 9.91. The van der Waals surface area contributed by atoms with Gasteiger partial charge in [0.1, 0.15) is 0 Å². The third kappa shape index (κ3) is 4.47. The van der Waals surface area contributed by atoms with Gasteiger partial charge in [-0.15, -0.1) is 11.3 Å². The molecule has 7 heteroatoms. The molecule has 1 aliphatic rings. The van der Waals surface area contributed by atoms with Crippen LogP contribution in [0.15, 0.2) is 46.7 Å². The number of carbonyl (C=O) groups is 1. The summed E-state index contributed by atoms with van der Waals surface area (Å²) in [6, 6.07) is 10.4. The standard InChI is InChI=1S/C21H28N2O3S2/c1-3-16(4-2)20(19-11-8-14-27-19)22-21(24)17-9-7-10-18(15-17)28(25,26)23-12-5-6-13-23/h7-11,14-16,20H,3-6,12-13H2,1-2H3,(H,22,24). The zero-order valence-electron chi connectivity index (χ0n) is 16.4. The van der Waals surface area contributed by atoms with Crippen LogP contribution in [0.5, 0.6) is 0 Å². The van der Waals surface area contributed by atoms with Crippen LogP contribution in [0.2, 0.25) is 0 Å². The molecule has 1 fully saturated rings. The van der Waals surface area contributed by atoms with Gasteiger partial charge in [0.25, 0.3) is 5.91 Å². The molecular formula is C21H28N2O3S2. The van der Waals surface area contributed by atoms with E-state index >= 15 is 0 Å². The highest BCUT2D eigenvalue weighted by atomic mass is 32.2. The molecule has 0 bridgehead atoms. The van der Waals surface area contributed by atoms with Crippen LogP contribution in [0.4, 0.5) is 0 Å². The molecule has 1 saturated heterocycles. The van der Waals surface area contributed by atoms with Crippen molar-refractivity contribution < 1.29 is 13.2 Å². The van der Waals surface area contributed by atoms with E-state index in [1.54, 1.807) is 29.5 Å². The lowest BCUT2D eigenvalue weighted by Crippen LogP contribution is -2.33. The molecule has 28 heavy (non-hydrogen) atoms. The monoisotopic (exact) mass is 420 g/mol. The van der Waals surface area contributed by atoms with Gasteiger partial charge < -0.3 is 5.32 Å². The molecule has 1 amide bonds. The fraction of sp³-hybridized carbons (Fsp3) is 0.476. The third-order valence-electron chi connectivity index (χ3n) is 5.46. The Labute approximate surface area is 171 Å². The number of benzene rings is 1. The molecular weight excluding hydrogens is 392 g/mol. The van der Waals surface area contributed by atoms with Crippen LogP contribution in [0.3, 0.4) is 0 Å². The first-order chi connectivity index (χ1) is 13.5. The maximum atomic E-state index is 13.0. The zero-order valence-corrected chi connectivity index (χ0v) is 18.1. The SMILES string of the molecule is CCC(CC)C(NC(=O)c1cccc(S(=O)(=O)N2CCCC2)c1)c1cccs1. The number of rotatable bonds is 8. The number of carbonyl (C=O) groups excluding carboxylic acids is 1. The summed E-state index contributed by atoms with van der Waals surface area (Å²) in [6.45, 7) is 5.36. The average molecular weight is 421 g/mol. The molecule has 1 atom stereocenters. The Balaban J connectivity index is 1.84. The van der Waals surface area contributed by atoms with E-state index in [4.69, 9.17) is 0 Å². The van der Waals surface area contributed by atoms with E-state index in [0.717, 1.165) is 30.6 Å². The zero-order chi connectivity index (χ0) is 20.1. The van der Waals surface area contributed by atoms with Gasteiger partial charge in [0, 0.05) is 23.5 Å². The molecule has 5 nitrogen and oxygen atoms in total.